The average molecular weight is 267 g/mol. The van der Waals surface area contributed by atoms with E-state index in [9.17, 15) is 14.4 Å². The summed E-state index contributed by atoms with van der Waals surface area (Å²) < 4.78 is 4.98. The van der Waals surface area contributed by atoms with E-state index in [1.165, 1.54) is 18.1 Å². The Morgan fingerprint density at radius 1 is 1.42 bits per heavy atom. The molecule has 1 aliphatic rings. The largest absolute Gasteiger partial charge is 0.499 e. The molecule has 5 nitrogen and oxygen atoms in total. The maximum absolute atomic E-state index is 12.3. The van der Waals surface area contributed by atoms with E-state index in [0.29, 0.717) is 18.6 Å². The van der Waals surface area contributed by atoms with Crippen molar-refractivity contribution in [2.45, 2.75) is 39.5 Å². The summed E-state index contributed by atoms with van der Waals surface area (Å²) in [5.41, 5.74) is 0. The zero-order valence-electron chi connectivity index (χ0n) is 11.8. The van der Waals surface area contributed by atoms with Crippen molar-refractivity contribution in [1.29, 1.82) is 0 Å². The number of carbonyl (C=O) groups is 3. The van der Waals surface area contributed by atoms with Crippen molar-refractivity contribution < 1.29 is 19.1 Å². The maximum atomic E-state index is 12.3. The van der Waals surface area contributed by atoms with Crippen LogP contribution in [-0.2, 0) is 19.1 Å². The van der Waals surface area contributed by atoms with Gasteiger partial charge in [0.25, 0.3) is 5.91 Å². The van der Waals surface area contributed by atoms with Crippen molar-refractivity contribution in [2.24, 2.45) is 5.92 Å². The number of carbonyl (C=O) groups excluding carboxylic acids is 3. The normalized spacial score (nSPS) is 16.3. The molecule has 0 aliphatic carbocycles. The number of ether oxygens (including phenoxy) is 1. The predicted octanol–water partition coefficient (Wildman–Crippen LogP) is 1.67. The minimum Gasteiger partial charge on any atom is -0.499 e. The van der Waals surface area contributed by atoms with Gasteiger partial charge in [-0.05, 0) is 6.42 Å². The molecule has 0 spiro atoms. The van der Waals surface area contributed by atoms with Gasteiger partial charge in [-0.15, -0.1) is 0 Å². The molecule has 0 aromatic rings. The highest BCUT2D eigenvalue weighted by molar-refractivity contribution is 6.04. The number of rotatable bonds is 7. The molecular weight excluding hydrogens is 246 g/mol. The second-order valence-electron chi connectivity index (χ2n) is 4.66. The van der Waals surface area contributed by atoms with Crippen LogP contribution in [0, 0.1) is 5.92 Å². The molecular formula is C14H21NO4. The van der Waals surface area contributed by atoms with Gasteiger partial charge in [-0.3, -0.25) is 19.3 Å². The van der Waals surface area contributed by atoms with E-state index in [2.05, 4.69) is 0 Å². The molecule has 0 aromatic carbocycles. The number of amides is 2. The Hall–Kier alpha value is -1.65. The van der Waals surface area contributed by atoms with Crippen LogP contribution in [0.4, 0.5) is 0 Å². The predicted molar refractivity (Wildman–Crippen MR) is 70.1 cm³/mol. The highest BCUT2D eigenvalue weighted by atomic mass is 16.5. The number of imide groups is 1. The van der Waals surface area contributed by atoms with Crippen LogP contribution < -0.4 is 0 Å². The van der Waals surface area contributed by atoms with Crippen molar-refractivity contribution in [3.8, 4) is 0 Å². The standard InChI is InChI=1S/C14H21NO4/c1-4-6-10(7-11(16)5-2)14(18)15-9-12(19-3)8-13(15)17/h8,10H,4-7,9H2,1-3H3/t10-/m0/s1. The molecule has 0 saturated carbocycles. The second-order valence-corrected chi connectivity index (χ2v) is 4.66. The van der Waals surface area contributed by atoms with Crippen molar-refractivity contribution in [1.82, 2.24) is 4.90 Å². The van der Waals surface area contributed by atoms with Gasteiger partial charge < -0.3 is 4.74 Å². The smallest absolute Gasteiger partial charge is 0.257 e. The molecule has 0 aromatic heterocycles. The van der Waals surface area contributed by atoms with E-state index in [1.54, 1.807) is 6.92 Å². The Morgan fingerprint density at radius 2 is 2.11 bits per heavy atom. The first-order valence-corrected chi connectivity index (χ1v) is 6.65. The minimum absolute atomic E-state index is 0.0540. The fourth-order valence-corrected chi connectivity index (χ4v) is 2.11. The van der Waals surface area contributed by atoms with Crippen molar-refractivity contribution in [3.05, 3.63) is 11.8 Å². The Morgan fingerprint density at radius 3 is 2.58 bits per heavy atom. The Kier molecular flexibility index (Phi) is 5.73. The van der Waals surface area contributed by atoms with E-state index < -0.39 is 5.92 Å². The van der Waals surface area contributed by atoms with Crippen LogP contribution in [0.5, 0.6) is 0 Å². The molecule has 106 valence electrons. The highest BCUT2D eigenvalue weighted by Gasteiger charge is 2.33. The Bertz CT molecular complexity index is 400. The van der Waals surface area contributed by atoms with E-state index in [0.717, 1.165) is 6.42 Å². The number of hydrogen-bond donors (Lipinski definition) is 0. The van der Waals surface area contributed by atoms with Crippen molar-refractivity contribution in [3.63, 3.8) is 0 Å². The first-order valence-electron chi connectivity index (χ1n) is 6.65. The molecule has 2 amide bonds. The summed E-state index contributed by atoms with van der Waals surface area (Å²) in [5, 5.41) is 0. The van der Waals surface area contributed by atoms with Gasteiger partial charge in [0.15, 0.2) is 0 Å². The number of ketones is 1. The number of Topliss-reactive ketones (excluding diaryl/α,β-unsaturated/α-hetero) is 1. The molecule has 5 heteroatoms. The molecule has 1 atom stereocenters. The summed E-state index contributed by atoms with van der Waals surface area (Å²) in [6.07, 6.45) is 3.39. The fraction of sp³-hybridized carbons (Fsp3) is 0.643. The van der Waals surface area contributed by atoms with Crippen LogP contribution in [0.2, 0.25) is 0 Å². The van der Waals surface area contributed by atoms with Gasteiger partial charge in [-0.25, -0.2) is 0 Å². The molecule has 0 fully saturated rings. The number of methoxy groups -OCH3 is 1. The van der Waals surface area contributed by atoms with Crippen molar-refractivity contribution in [2.75, 3.05) is 13.7 Å². The number of nitrogens with zero attached hydrogens (tertiary/aromatic N) is 1. The maximum Gasteiger partial charge on any atom is 0.257 e. The van der Waals surface area contributed by atoms with Gasteiger partial charge in [0.05, 0.1) is 13.7 Å². The van der Waals surface area contributed by atoms with Crippen molar-refractivity contribution >= 4 is 17.6 Å². The SMILES string of the molecule is CCC[C@@H](CC(=O)CC)C(=O)N1CC(OC)=CC1=O. The molecule has 0 saturated heterocycles. The van der Waals surface area contributed by atoms with Gasteiger partial charge >= 0.3 is 0 Å². The van der Waals surface area contributed by atoms with E-state index in [4.69, 9.17) is 4.74 Å². The van der Waals surface area contributed by atoms with Gasteiger partial charge in [-0.2, -0.15) is 0 Å². The summed E-state index contributed by atoms with van der Waals surface area (Å²) in [4.78, 5) is 36.7. The first-order chi connectivity index (χ1) is 9.03. The molecule has 1 aliphatic heterocycles. The van der Waals surface area contributed by atoms with E-state index in [-0.39, 0.29) is 30.6 Å². The van der Waals surface area contributed by atoms with Crippen LogP contribution in [0.25, 0.3) is 0 Å². The Balaban J connectivity index is 2.72. The quantitative estimate of drug-likeness (QED) is 0.704. The van der Waals surface area contributed by atoms with Crippen LogP contribution in [0.15, 0.2) is 11.8 Å². The monoisotopic (exact) mass is 267 g/mol. The van der Waals surface area contributed by atoms with Gasteiger partial charge in [0.1, 0.15) is 11.5 Å². The lowest BCUT2D eigenvalue weighted by Crippen LogP contribution is -2.38. The third kappa shape index (κ3) is 3.91. The van der Waals surface area contributed by atoms with Crippen LogP contribution in [-0.4, -0.2) is 36.2 Å². The summed E-state index contributed by atoms with van der Waals surface area (Å²) in [6.45, 7) is 3.91. The van der Waals surface area contributed by atoms with Crippen LogP contribution in [0.1, 0.15) is 39.5 Å². The molecule has 0 radical (unpaired) electrons. The van der Waals surface area contributed by atoms with Gasteiger partial charge in [0.2, 0.25) is 5.91 Å². The topological polar surface area (TPSA) is 63.7 Å². The zero-order valence-corrected chi connectivity index (χ0v) is 11.8. The molecule has 0 N–H and O–H groups in total. The van der Waals surface area contributed by atoms with E-state index >= 15 is 0 Å². The third-order valence-electron chi connectivity index (χ3n) is 3.25. The van der Waals surface area contributed by atoms with E-state index in [1.807, 2.05) is 6.92 Å². The molecule has 19 heavy (non-hydrogen) atoms. The minimum atomic E-state index is -0.397. The average Bonchev–Trinajstić information content (AvgIpc) is 2.78. The van der Waals surface area contributed by atoms with Gasteiger partial charge in [-0.1, -0.05) is 20.3 Å². The Labute approximate surface area is 113 Å². The van der Waals surface area contributed by atoms with Gasteiger partial charge in [0, 0.05) is 24.8 Å². The lowest BCUT2D eigenvalue weighted by atomic mass is 9.95. The summed E-state index contributed by atoms with van der Waals surface area (Å²) in [6, 6.07) is 0. The highest BCUT2D eigenvalue weighted by Crippen LogP contribution is 2.20. The molecule has 1 heterocycles. The third-order valence-corrected chi connectivity index (χ3v) is 3.25. The summed E-state index contributed by atoms with van der Waals surface area (Å²) >= 11 is 0. The lowest BCUT2D eigenvalue weighted by Gasteiger charge is -2.21. The van der Waals surface area contributed by atoms with Crippen LogP contribution in [0.3, 0.4) is 0 Å². The number of hydrogen-bond acceptors (Lipinski definition) is 4. The molecule has 1 rings (SSSR count). The second kappa shape index (κ2) is 7.07. The summed E-state index contributed by atoms with van der Waals surface area (Å²) in [5.74, 6) is -0.483. The molecule has 0 bridgehead atoms. The lowest BCUT2D eigenvalue weighted by molar-refractivity contribution is -0.145. The fourth-order valence-electron chi connectivity index (χ4n) is 2.11. The zero-order chi connectivity index (χ0) is 14.4. The summed E-state index contributed by atoms with van der Waals surface area (Å²) in [7, 11) is 1.47. The molecule has 0 unspecified atom stereocenters. The van der Waals surface area contributed by atoms with Crippen LogP contribution >= 0.6 is 0 Å². The first kappa shape index (κ1) is 15.4.